The van der Waals surface area contributed by atoms with E-state index in [-0.39, 0.29) is 33.8 Å². The minimum absolute atomic E-state index is 0.0231. The van der Waals surface area contributed by atoms with Gasteiger partial charge in [-0.2, -0.15) is 0 Å². The molecule has 1 N–H and O–H groups in total. The van der Waals surface area contributed by atoms with Crippen LogP contribution in [0.1, 0.15) is 16.8 Å². The third kappa shape index (κ3) is 3.12. The summed E-state index contributed by atoms with van der Waals surface area (Å²) in [7, 11) is -3.07. The van der Waals surface area contributed by atoms with E-state index in [0.717, 1.165) is 0 Å². The summed E-state index contributed by atoms with van der Waals surface area (Å²) < 4.78 is 37.2. The molecule has 1 saturated heterocycles. The van der Waals surface area contributed by atoms with Crippen LogP contribution >= 0.6 is 15.9 Å². The number of carboxylic acids is 1. The summed E-state index contributed by atoms with van der Waals surface area (Å²) in [6.07, 6.45) is 0.431. The van der Waals surface area contributed by atoms with Gasteiger partial charge in [0.1, 0.15) is 0 Å². The molecule has 2 rings (SSSR count). The van der Waals surface area contributed by atoms with E-state index < -0.39 is 21.6 Å². The van der Waals surface area contributed by atoms with E-state index in [1.54, 1.807) is 4.90 Å². The van der Waals surface area contributed by atoms with Crippen molar-refractivity contribution in [1.29, 1.82) is 0 Å². The summed E-state index contributed by atoms with van der Waals surface area (Å²) in [6, 6.07) is 2.69. The van der Waals surface area contributed by atoms with Crippen LogP contribution in [0.25, 0.3) is 0 Å². The van der Waals surface area contributed by atoms with Gasteiger partial charge in [-0.1, -0.05) is 0 Å². The number of carboxylic acid groups (broad SMARTS) is 1. The molecule has 1 fully saturated rings. The zero-order valence-corrected chi connectivity index (χ0v) is 12.9. The molecule has 0 aliphatic carbocycles. The molecule has 110 valence electrons. The number of benzene rings is 1. The Bertz CT molecular complexity index is 647. The molecule has 1 aliphatic heterocycles. The van der Waals surface area contributed by atoms with Crippen LogP contribution in [0.3, 0.4) is 0 Å². The van der Waals surface area contributed by atoms with Gasteiger partial charge in [-0.15, -0.1) is 0 Å². The first-order valence-corrected chi connectivity index (χ1v) is 8.60. The monoisotopic (exact) mass is 365 g/mol. The van der Waals surface area contributed by atoms with Gasteiger partial charge in [-0.25, -0.2) is 17.6 Å². The van der Waals surface area contributed by atoms with Crippen molar-refractivity contribution in [3.63, 3.8) is 0 Å². The Balaban J connectivity index is 2.34. The van der Waals surface area contributed by atoms with Gasteiger partial charge >= 0.3 is 5.97 Å². The van der Waals surface area contributed by atoms with Crippen molar-refractivity contribution < 1.29 is 22.7 Å². The molecular weight excluding hydrogens is 353 g/mol. The minimum atomic E-state index is -3.07. The van der Waals surface area contributed by atoms with Gasteiger partial charge in [0.05, 0.1) is 27.2 Å². The molecule has 1 heterocycles. The number of anilines is 1. The van der Waals surface area contributed by atoms with Gasteiger partial charge in [0.2, 0.25) is 0 Å². The van der Waals surface area contributed by atoms with E-state index >= 15 is 0 Å². The first-order valence-electron chi connectivity index (χ1n) is 5.98. The van der Waals surface area contributed by atoms with Gasteiger partial charge in [0.15, 0.2) is 15.7 Å². The minimum Gasteiger partial charge on any atom is -0.478 e. The second-order valence-electron chi connectivity index (χ2n) is 4.56. The molecule has 0 amide bonds. The fourth-order valence-electron chi connectivity index (χ4n) is 2.13. The predicted octanol–water partition coefficient (Wildman–Crippen LogP) is 1.91. The molecule has 1 aliphatic rings. The van der Waals surface area contributed by atoms with E-state index in [0.29, 0.717) is 13.0 Å². The molecule has 8 heteroatoms. The Morgan fingerprint density at radius 2 is 2.00 bits per heavy atom. The quantitative estimate of drug-likeness (QED) is 0.866. The fourth-order valence-corrected chi connectivity index (χ4v) is 3.90. The van der Waals surface area contributed by atoms with Crippen molar-refractivity contribution in [3.8, 4) is 0 Å². The first kappa shape index (κ1) is 15.2. The van der Waals surface area contributed by atoms with Crippen molar-refractivity contribution in [2.24, 2.45) is 0 Å². The average Bonchev–Trinajstić information content (AvgIpc) is 2.53. The molecular formula is C12H13BrFNO4S. The lowest BCUT2D eigenvalue weighted by Crippen LogP contribution is -2.27. The number of halogens is 2. The Labute approximate surface area is 124 Å². The maximum Gasteiger partial charge on any atom is 0.336 e. The zero-order chi connectivity index (χ0) is 14.9. The van der Waals surface area contributed by atoms with Crippen molar-refractivity contribution in [1.82, 2.24) is 0 Å². The van der Waals surface area contributed by atoms with Crippen LogP contribution in [0.5, 0.6) is 0 Å². The fraction of sp³-hybridized carbons (Fsp3) is 0.417. The Morgan fingerprint density at radius 1 is 1.30 bits per heavy atom. The van der Waals surface area contributed by atoms with Crippen LogP contribution in [0.4, 0.5) is 10.1 Å². The largest absolute Gasteiger partial charge is 0.478 e. The lowest BCUT2D eigenvalue weighted by molar-refractivity contribution is 0.0695. The van der Waals surface area contributed by atoms with Crippen LogP contribution in [0.15, 0.2) is 16.6 Å². The molecule has 0 saturated carbocycles. The number of nitrogens with zero attached hydrogens (tertiary/aromatic N) is 1. The van der Waals surface area contributed by atoms with Crippen molar-refractivity contribution in [2.75, 3.05) is 29.5 Å². The molecule has 0 atom stereocenters. The van der Waals surface area contributed by atoms with Crippen LogP contribution in [-0.4, -0.2) is 44.1 Å². The number of sulfone groups is 1. The lowest BCUT2D eigenvalue weighted by atomic mass is 10.2. The van der Waals surface area contributed by atoms with E-state index in [2.05, 4.69) is 15.9 Å². The second-order valence-corrected chi connectivity index (χ2v) is 7.65. The molecule has 0 bridgehead atoms. The summed E-state index contributed by atoms with van der Waals surface area (Å²) in [5.41, 5.74) is 0.0627. The highest BCUT2D eigenvalue weighted by molar-refractivity contribution is 9.10. The number of carbonyl (C=O) groups is 1. The van der Waals surface area contributed by atoms with Crippen molar-refractivity contribution >= 4 is 37.4 Å². The van der Waals surface area contributed by atoms with E-state index in [9.17, 15) is 17.6 Å². The standard InChI is InChI=1S/C12H13BrFNO4S/c13-10-8(12(16)17)2-3-9(11(10)14)15-4-1-6-20(18,19)7-5-15/h2-3H,1,4-7H2,(H,16,17). The number of hydrogen-bond acceptors (Lipinski definition) is 4. The third-order valence-electron chi connectivity index (χ3n) is 3.19. The summed E-state index contributed by atoms with van der Waals surface area (Å²) in [4.78, 5) is 12.5. The number of hydrogen-bond donors (Lipinski definition) is 1. The van der Waals surface area contributed by atoms with Gasteiger partial charge in [0, 0.05) is 13.1 Å². The molecule has 5 nitrogen and oxygen atoms in total. The lowest BCUT2D eigenvalue weighted by Gasteiger charge is -2.23. The van der Waals surface area contributed by atoms with Crippen molar-refractivity contribution in [3.05, 3.63) is 28.0 Å². The van der Waals surface area contributed by atoms with Gasteiger partial charge in [-0.05, 0) is 34.5 Å². The normalized spacial score (nSPS) is 18.6. The topological polar surface area (TPSA) is 74.7 Å². The maximum absolute atomic E-state index is 14.2. The summed E-state index contributed by atoms with van der Waals surface area (Å²) in [6.45, 7) is 0.632. The molecule has 0 radical (unpaired) electrons. The number of aromatic carboxylic acids is 1. The molecule has 1 aromatic carbocycles. The second kappa shape index (κ2) is 5.69. The Morgan fingerprint density at radius 3 is 2.65 bits per heavy atom. The summed E-state index contributed by atoms with van der Waals surface area (Å²) >= 11 is 2.94. The smallest absolute Gasteiger partial charge is 0.336 e. The highest BCUT2D eigenvalue weighted by atomic mass is 79.9. The molecule has 0 spiro atoms. The predicted molar refractivity (Wildman–Crippen MR) is 76.5 cm³/mol. The number of rotatable bonds is 2. The Kier molecular flexibility index (Phi) is 4.33. The molecule has 0 unspecified atom stereocenters. The van der Waals surface area contributed by atoms with Crippen LogP contribution < -0.4 is 4.90 Å². The third-order valence-corrected chi connectivity index (χ3v) is 5.68. The van der Waals surface area contributed by atoms with Gasteiger partial charge in [-0.3, -0.25) is 0 Å². The molecule has 1 aromatic rings. The van der Waals surface area contributed by atoms with Gasteiger partial charge in [0.25, 0.3) is 0 Å². The van der Waals surface area contributed by atoms with Gasteiger partial charge < -0.3 is 10.0 Å². The molecule has 0 aromatic heterocycles. The van der Waals surface area contributed by atoms with E-state index in [4.69, 9.17) is 5.11 Å². The summed E-state index contributed by atoms with van der Waals surface area (Å²) in [5.74, 6) is -1.82. The van der Waals surface area contributed by atoms with E-state index in [1.165, 1.54) is 12.1 Å². The first-order chi connectivity index (χ1) is 9.32. The van der Waals surface area contributed by atoms with E-state index in [1.807, 2.05) is 0 Å². The van der Waals surface area contributed by atoms with Crippen molar-refractivity contribution in [2.45, 2.75) is 6.42 Å². The maximum atomic E-state index is 14.2. The zero-order valence-electron chi connectivity index (χ0n) is 10.5. The van der Waals surface area contributed by atoms with Crippen LogP contribution in [0.2, 0.25) is 0 Å². The highest BCUT2D eigenvalue weighted by Gasteiger charge is 2.23. The van der Waals surface area contributed by atoms with Crippen LogP contribution in [0, 0.1) is 5.82 Å². The summed E-state index contributed by atoms with van der Waals surface area (Å²) in [5, 5.41) is 8.92. The van der Waals surface area contributed by atoms with Crippen LogP contribution in [-0.2, 0) is 9.84 Å². The molecule has 20 heavy (non-hydrogen) atoms. The average molecular weight is 366 g/mol. The highest BCUT2D eigenvalue weighted by Crippen LogP contribution is 2.30. The SMILES string of the molecule is O=C(O)c1ccc(N2CCCS(=O)(=O)CC2)c(F)c1Br. The Hall–Kier alpha value is -1.15.